The van der Waals surface area contributed by atoms with E-state index in [-0.39, 0.29) is 11.8 Å². The summed E-state index contributed by atoms with van der Waals surface area (Å²) in [6.45, 7) is 5.21. The van der Waals surface area contributed by atoms with Crippen molar-refractivity contribution in [2.75, 3.05) is 46.3 Å². The molecule has 150 valence electrons. The van der Waals surface area contributed by atoms with Crippen LogP contribution in [0.1, 0.15) is 44.9 Å². The average molecular weight is 376 g/mol. The fourth-order valence-corrected chi connectivity index (χ4v) is 5.58. The number of carbonyl (C=O) groups is 2. The number of rotatable bonds is 4. The summed E-state index contributed by atoms with van der Waals surface area (Å²) in [7, 11) is 1.81. The Kier molecular flexibility index (Phi) is 5.66. The number of nitrogens with zero attached hydrogens (tertiary/aromatic N) is 4. The summed E-state index contributed by atoms with van der Waals surface area (Å²) >= 11 is 0. The number of hydrogen-bond donors (Lipinski definition) is 1. The van der Waals surface area contributed by atoms with E-state index in [9.17, 15) is 9.59 Å². The minimum atomic E-state index is -0.0393. The molecule has 4 rings (SSSR count). The summed E-state index contributed by atoms with van der Waals surface area (Å²) in [4.78, 5) is 34.6. The van der Waals surface area contributed by atoms with Gasteiger partial charge in [0.05, 0.1) is 0 Å². The Hall–Kier alpha value is -1.63. The van der Waals surface area contributed by atoms with Gasteiger partial charge in [-0.2, -0.15) is 0 Å². The van der Waals surface area contributed by atoms with Gasteiger partial charge in [0, 0.05) is 65.2 Å². The van der Waals surface area contributed by atoms with Gasteiger partial charge in [-0.15, -0.1) is 0 Å². The van der Waals surface area contributed by atoms with Gasteiger partial charge >= 0.3 is 0 Å². The van der Waals surface area contributed by atoms with E-state index in [1.54, 1.807) is 0 Å². The summed E-state index contributed by atoms with van der Waals surface area (Å²) in [6.07, 6.45) is 7.44. The van der Waals surface area contributed by atoms with Crippen LogP contribution in [0.4, 0.5) is 0 Å². The summed E-state index contributed by atoms with van der Waals surface area (Å²) in [5.74, 6) is 2.75. The van der Waals surface area contributed by atoms with Gasteiger partial charge < -0.3 is 10.2 Å². The summed E-state index contributed by atoms with van der Waals surface area (Å²) in [5.41, 5.74) is 0. The smallest absolute Gasteiger partial charge is 0.229 e. The number of nitrogens with one attached hydrogen (secondary N) is 1. The van der Waals surface area contributed by atoms with E-state index in [0.29, 0.717) is 32.4 Å². The van der Waals surface area contributed by atoms with Crippen LogP contribution < -0.4 is 5.32 Å². The van der Waals surface area contributed by atoms with Gasteiger partial charge in [-0.3, -0.25) is 24.4 Å². The summed E-state index contributed by atoms with van der Waals surface area (Å²) < 4.78 is 0. The van der Waals surface area contributed by atoms with Gasteiger partial charge in [0.2, 0.25) is 11.8 Å². The highest BCUT2D eigenvalue weighted by Crippen LogP contribution is 2.46. The molecule has 2 aliphatic carbocycles. The lowest BCUT2D eigenvalue weighted by atomic mass is 9.93. The third kappa shape index (κ3) is 3.98. The van der Waals surface area contributed by atoms with Crippen molar-refractivity contribution in [1.82, 2.24) is 20.0 Å². The number of aliphatic imine (C=N–C) groups is 1. The van der Waals surface area contributed by atoms with Gasteiger partial charge in [-0.25, -0.2) is 0 Å². The first-order chi connectivity index (χ1) is 13.2. The number of hydrogen-bond acceptors (Lipinski definition) is 4. The Labute approximate surface area is 162 Å². The lowest BCUT2D eigenvalue weighted by Crippen LogP contribution is -2.56. The number of piperidine rings is 1. The predicted molar refractivity (Wildman–Crippen MR) is 104 cm³/mol. The van der Waals surface area contributed by atoms with Crippen LogP contribution >= 0.6 is 0 Å². The Morgan fingerprint density at radius 3 is 2.41 bits per heavy atom. The molecule has 2 bridgehead atoms. The molecule has 2 saturated carbocycles. The van der Waals surface area contributed by atoms with Gasteiger partial charge in [-0.1, -0.05) is 6.42 Å². The molecule has 1 N–H and O–H groups in total. The van der Waals surface area contributed by atoms with E-state index in [1.807, 2.05) is 7.05 Å². The minimum absolute atomic E-state index is 0.0393. The molecule has 3 unspecified atom stereocenters. The number of carbonyl (C=O) groups excluding carboxylic acids is 2. The third-order valence-electron chi connectivity index (χ3n) is 7.00. The Balaban J connectivity index is 1.22. The van der Waals surface area contributed by atoms with Gasteiger partial charge in [0.25, 0.3) is 0 Å². The summed E-state index contributed by atoms with van der Waals surface area (Å²) in [6, 6.07) is 0.817. The van der Waals surface area contributed by atoms with E-state index >= 15 is 0 Å². The van der Waals surface area contributed by atoms with Crippen LogP contribution in [0.2, 0.25) is 0 Å². The molecule has 2 saturated heterocycles. The number of fused-ring (bicyclic) bond motifs is 2. The number of amides is 2. The first-order valence-electron chi connectivity index (χ1n) is 10.7. The van der Waals surface area contributed by atoms with Gasteiger partial charge in [0.15, 0.2) is 5.96 Å². The molecule has 0 spiro atoms. The van der Waals surface area contributed by atoms with E-state index < -0.39 is 0 Å². The van der Waals surface area contributed by atoms with Crippen molar-refractivity contribution in [2.24, 2.45) is 16.8 Å². The van der Waals surface area contributed by atoms with Crippen LogP contribution in [0.15, 0.2) is 4.99 Å². The highest BCUT2D eigenvalue weighted by atomic mass is 16.2. The van der Waals surface area contributed by atoms with Crippen molar-refractivity contribution >= 4 is 17.8 Å². The Morgan fingerprint density at radius 2 is 1.81 bits per heavy atom. The molecule has 3 atom stereocenters. The van der Waals surface area contributed by atoms with Crippen LogP contribution in [0.25, 0.3) is 0 Å². The lowest BCUT2D eigenvalue weighted by molar-refractivity contribution is -0.147. The molecule has 4 fully saturated rings. The maximum Gasteiger partial charge on any atom is 0.229 e. The van der Waals surface area contributed by atoms with Crippen LogP contribution in [0.5, 0.6) is 0 Å². The molecule has 0 radical (unpaired) electrons. The predicted octanol–water partition coefficient (Wildman–Crippen LogP) is 0.907. The molecule has 2 aliphatic heterocycles. The first-order valence-corrected chi connectivity index (χ1v) is 10.7. The van der Waals surface area contributed by atoms with Crippen molar-refractivity contribution < 1.29 is 9.59 Å². The number of likely N-dealkylation sites (tertiary alicyclic amines) is 1. The molecule has 2 amide bonds. The molecule has 2 heterocycles. The van der Waals surface area contributed by atoms with Crippen molar-refractivity contribution in [3.05, 3.63) is 0 Å². The number of guanidine groups is 1. The van der Waals surface area contributed by atoms with Crippen LogP contribution in [0, 0.1) is 11.8 Å². The molecule has 7 nitrogen and oxygen atoms in total. The Bertz CT molecular complexity index is 583. The third-order valence-corrected chi connectivity index (χ3v) is 7.00. The van der Waals surface area contributed by atoms with Crippen LogP contribution in [-0.4, -0.2) is 84.8 Å². The molecule has 27 heavy (non-hydrogen) atoms. The average Bonchev–Trinajstić information content (AvgIpc) is 3.31. The van der Waals surface area contributed by atoms with E-state index in [1.165, 1.54) is 30.6 Å². The molecule has 0 aromatic carbocycles. The number of imide groups is 1. The van der Waals surface area contributed by atoms with Crippen molar-refractivity contribution in [3.63, 3.8) is 0 Å². The first kappa shape index (κ1) is 18.7. The fourth-order valence-electron chi connectivity index (χ4n) is 5.58. The quantitative estimate of drug-likeness (QED) is 0.449. The zero-order valence-electron chi connectivity index (χ0n) is 16.5. The Morgan fingerprint density at radius 1 is 1.07 bits per heavy atom. The largest absolute Gasteiger partial charge is 0.354 e. The van der Waals surface area contributed by atoms with E-state index in [4.69, 9.17) is 0 Å². The molecule has 4 aliphatic rings. The van der Waals surface area contributed by atoms with Crippen molar-refractivity contribution in [1.29, 1.82) is 0 Å². The van der Waals surface area contributed by atoms with Crippen molar-refractivity contribution in [3.8, 4) is 0 Å². The van der Waals surface area contributed by atoms with Crippen LogP contribution in [-0.2, 0) is 9.59 Å². The molecule has 0 aromatic rings. The standard InChI is InChI=1S/C20H33N5O2/c1-21-20(22-7-8-25-18(26)3-2-4-19(25)27)24-11-9-23(10-12-24)17-14-15-5-6-16(17)13-15/h15-17H,2-14H2,1H3,(H,21,22). The van der Waals surface area contributed by atoms with Gasteiger partial charge in [-0.05, 0) is 37.5 Å². The van der Waals surface area contributed by atoms with Gasteiger partial charge in [0.1, 0.15) is 0 Å². The SMILES string of the molecule is CN=C(NCCN1C(=O)CCCC1=O)N1CCN(C2CC3CCC2C3)CC1. The highest BCUT2D eigenvalue weighted by molar-refractivity contribution is 5.97. The molecular weight excluding hydrogens is 342 g/mol. The molecular formula is C20H33N5O2. The molecule has 0 aromatic heterocycles. The maximum atomic E-state index is 11.9. The zero-order valence-corrected chi connectivity index (χ0v) is 16.5. The topological polar surface area (TPSA) is 68.2 Å². The lowest BCUT2D eigenvalue weighted by Gasteiger charge is -2.42. The summed E-state index contributed by atoms with van der Waals surface area (Å²) in [5, 5.41) is 3.35. The second kappa shape index (κ2) is 8.17. The second-order valence-corrected chi connectivity index (χ2v) is 8.53. The van der Waals surface area contributed by atoms with E-state index in [2.05, 4.69) is 20.1 Å². The highest BCUT2D eigenvalue weighted by Gasteiger charge is 2.42. The normalized spacial score (nSPS) is 32.5. The second-order valence-electron chi connectivity index (χ2n) is 8.53. The zero-order chi connectivity index (χ0) is 18.8. The number of piperazine rings is 1. The maximum absolute atomic E-state index is 11.9. The van der Waals surface area contributed by atoms with Crippen molar-refractivity contribution in [2.45, 2.75) is 51.0 Å². The fraction of sp³-hybridized carbons (Fsp3) is 0.850. The van der Waals surface area contributed by atoms with Crippen LogP contribution in [0.3, 0.4) is 0 Å². The monoisotopic (exact) mass is 375 g/mol. The van der Waals surface area contributed by atoms with E-state index in [0.717, 1.165) is 50.0 Å². The minimum Gasteiger partial charge on any atom is -0.354 e. The molecule has 7 heteroatoms.